The Bertz CT molecular complexity index is 1020. The van der Waals surface area contributed by atoms with E-state index in [2.05, 4.69) is 0 Å². The standard InChI is InChI=1S/C22H27ClN2O5S/c1-5-24(6-2)31(28,29)20-15-17(13-14-19(20)23)22(27)30-16(4)21(26)25(7-3)18-11-9-8-10-12-18/h8-16H,5-7H2,1-4H3/t16-/m0/s1. The highest BCUT2D eigenvalue weighted by Gasteiger charge is 2.28. The van der Waals surface area contributed by atoms with Gasteiger partial charge in [0.15, 0.2) is 6.10 Å². The Balaban J connectivity index is 2.25. The van der Waals surface area contributed by atoms with Crippen LogP contribution in [0, 0.1) is 0 Å². The van der Waals surface area contributed by atoms with E-state index < -0.39 is 22.1 Å². The zero-order chi connectivity index (χ0) is 23.2. The van der Waals surface area contributed by atoms with E-state index in [1.165, 1.54) is 34.3 Å². The van der Waals surface area contributed by atoms with E-state index in [4.69, 9.17) is 16.3 Å². The molecule has 0 aromatic heterocycles. The molecule has 2 rings (SSSR count). The van der Waals surface area contributed by atoms with E-state index in [0.29, 0.717) is 12.2 Å². The van der Waals surface area contributed by atoms with E-state index in [1.54, 1.807) is 26.0 Å². The summed E-state index contributed by atoms with van der Waals surface area (Å²) in [6.45, 7) is 7.67. The Morgan fingerprint density at radius 2 is 1.61 bits per heavy atom. The number of hydrogen-bond acceptors (Lipinski definition) is 5. The summed E-state index contributed by atoms with van der Waals surface area (Å²) in [6, 6.07) is 12.9. The van der Waals surface area contributed by atoms with Crippen molar-refractivity contribution in [3.8, 4) is 0 Å². The predicted molar refractivity (Wildman–Crippen MR) is 121 cm³/mol. The summed E-state index contributed by atoms with van der Waals surface area (Å²) in [7, 11) is -3.87. The van der Waals surface area contributed by atoms with Gasteiger partial charge in [0, 0.05) is 25.3 Å². The molecule has 0 unspecified atom stereocenters. The highest BCUT2D eigenvalue weighted by molar-refractivity contribution is 7.89. The molecule has 0 bridgehead atoms. The molecule has 7 nitrogen and oxygen atoms in total. The molecule has 0 radical (unpaired) electrons. The third kappa shape index (κ3) is 5.64. The summed E-state index contributed by atoms with van der Waals surface area (Å²) >= 11 is 6.11. The highest BCUT2D eigenvalue weighted by atomic mass is 35.5. The largest absolute Gasteiger partial charge is 0.449 e. The van der Waals surface area contributed by atoms with E-state index in [9.17, 15) is 18.0 Å². The minimum Gasteiger partial charge on any atom is -0.449 e. The molecule has 0 aliphatic rings. The first-order chi connectivity index (χ1) is 14.7. The van der Waals surface area contributed by atoms with Gasteiger partial charge in [-0.05, 0) is 44.2 Å². The van der Waals surface area contributed by atoms with Crippen molar-refractivity contribution in [1.29, 1.82) is 0 Å². The second-order valence-electron chi connectivity index (χ2n) is 6.70. The molecule has 0 saturated carbocycles. The van der Waals surface area contributed by atoms with Crippen molar-refractivity contribution in [1.82, 2.24) is 4.31 Å². The lowest BCUT2D eigenvalue weighted by Crippen LogP contribution is -2.40. The molecule has 1 atom stereocenters. The minimum absolute atomic E-state index is 0.00228. The van der Waals surface area contributed by atoms with Gasteiger partial charge in [-0.15, -0.1) is 0 Å². The molecule has 2 aromatic carbocycles. The average molecular weight is 467 g/mol. The fraction of sp³-hybridized carbons (Fsp3) is 0.364. The van der Waals surface area contributed by atoms with E-state index >= 15 is 0 Å². The molecule has 168 valence electrons. The number of esters is 1. The van der Waals surface area contributed by atoms with Crippen LogP contribution in [0.25, 0.3) is 0 Å². The molecule has 0 spiro atoms. The van der Waals surface area contributed by atoms with Crippen molar-refractivity contribution in [3.05, 3.63) is 59.1 Å². The Morgan fingerprint density at radius 3 is 2.16 bits per heavy atom. The van der Waals surface area contributed by atoms with Crippen molar-refractivity contribution in [2.75, 3.05) is 24.5 Å². The zero-order valence-corrected chi connectivity index (χ0v) is 19.6. The molecule has 2 aromatic rings. The van der Waals surface area contributed by atoms with Crippen LogP contribution in [0.1, 0.15) is 38.1 Å². The number of carbonyl (C=O) groups excluding carboxylic acids is 2. The molecule has 0 saturated heterocycles. The number of carbonyl (C=O) groups is 2. The number of rotatable bonds is 9. The number of likely N-dealkylation sites (N-methyl/N-ethyl adjacent to an activating group) is 1. The quantitative estimate of drug-likeness (QED) is 0.522. The van der Waals surface area contributed by atoms with Crippen LogP contribution < -0.4 is 4.90 Å². The van der Waals surface area contributed by atoms with Crippen LogP contribution in [0.15, 0.2) is 53.4 Å². The zero-order valence-electron chi connectivity index (χ0n) is 18.0. The van der Waals surface area contributed by atoms with Crippen molar-refractivity contribution in [2.24, 2.45) is 0 Å². The first-order valence-electron chi connectivity index (χ1n) is 10.0. The third-order valence-corrected chi connectivity index (χ3v) is 7.30. The van der Waals surface area contributed by atoms with Gasteiger partial charge in [-0.3, -0.25) is 4.79 Å². The smallest absolute Gasteiger partial charge is 0.338 e. The second kappa shape index (κ2) is 10.7. The molecular formula is C22H27ClN2O5S. The van der Waals surface area contributed by atoms with E-state index in [1.807, 2.05) is 25.1 Å². The SMILES string of the molecule is CCN(C(=O)[C@H](C)OC(=O)c1ccc(Cl)c(S(=O)(=O)N(CC)CC)c1)c1ccccc1. The number of hydrogen-bond donors (Lipinski definition) is 0. The van der Waals surface area contributed by atoms with Crippen LogP contribution in [-0.4, -0.2) is 50.3 Å². The van der Waals surface area contributed by atoms with Gasteiger partial charge in [0.05, 0.1) is 10.6 Å². The van der Waals surface area contributed by atoms with Crippen LogP contribution in [0.2, 0.25) is 5.02 Å². The Kier molecular flexibility index (Phi) is 8.61. The van der Waals surface area contributed by atoms with Gasteiger partial charge >= 0.3 is 5.97 Å². The maximum Gasteiger partial charge on any atom is 0.338 e. The Morgan fingerprint density at radius 1 is 1.00 bits per heavy atom. The Labute approximate surface area is 188 Å². The number of ether oxygens (including phenoxy) is 1. The molecule has 9 heteroatoms. The molecular weight excluding hydrogens is 440 g/mol. The van der Waals surface area contributed by atoms with Gasteiger partial charge in [0.1, 0.15) is 4.90 Å². The topological polar surface area (TPSA) is 84.0 Å². The summed E-state index contributed by atoms with van der Waals surface area (Å²) in [5, 5.41) is 0.00816. The van der Waals surface area contributed by atoms with Gasteiger partial charge in [-0.25, -0.2) is 13.2 Å². The van der Waals surface area contributed by atoms with Crippen molar-refractivity contribution >= 4 is 39.2 Å². The maximum absolute atomic E-state index is 12.8. The van der Waals surface area contributed by atoms with Crippen LogP contribution in [-0.2, 0) is 19.6 Å². The number of halogens is 1. The molecule has 0 aliphatic carbocycles. The first kappa shape index (κ1) is 24.8. The fourth-order valence-electron chi connectivity index (χ4n) is 3.10. The molecule has 0 fully saturated rings. The number of amides is 1. The van der Waals surface area contributed by atoms with Gasteiger partial charge in [-0.1, -0.05) is 43.6 Å². The minimum atomic E-state index is -3.87. The number of para-hydroxylation sites is 1. The van der Waals surface area contributed by atoms with Crippen molar-refractivity contribution in [2.45, 2.75) is 38.7 Å². The molecule has 0 N–H and O–H groups in total. The predicted octanol–water partition coefficient (Wildman–Crippen LogP) is 3.97. The fourth-order valence-corrected chi connectivity index (χ4v) is 5.06. The first-order valence-corrected chi connectivity index (χ1v) is 11.9. The van der Waals surface area contributed by atoms with E-state index in [-0.39, 0.29) is 34.5 Å². The number of benzene rings is 2. The lowest BCUT2D eigenvalue weighted by molar-refractivity contribution is -0.126. The summed E-state index contributed by atoms with van der Waals surface area (Å²) in [4.78, 5) is 26.8. The second-order valence-corrected chi connectivity index (χ2v) is 9.01. The third-order valence-electron chi connectivity index (χ3n) is 4.77. The highest BCUT2D eigenvalue weighted by Crippen LogP contribution is 2.26. The van der Waals surface area contributed by atoms with Crippen LogP contribution in [0.3, 0.4) is 0 Å². The number of nitrogens with zero attached hydrogens (tertiary/aromatic N) is 2. The van der Waals surface area contributed by atoms with Crippen LogP contribution in [0.4, 0.5) is 5.69 Å². The average Bonchev–Trinajstić information content (AvgIpc) is 2.75. The maximum atomic E-state index is 12.8. The van der Waals surface area contributed by atoms with E-state index in [0.717, 1.165) is 0 Å². The molecule has 1 amide bonds. The molecule has 31 heavy (non-hydrogen) atoms. The summed E-state index contributed by atoms with van der Waals surface area (Å²) in [5.74, 6) is -1.19. The summed E-state index contributed by atoms with van der Waals surface area (Å²) in [5.41, 5.74) is 0.689. The van der Waals surface area contributed by atoms with Gasteiger partial charge in [0.25, 0.3) is 5.91 Å². The Hall–Kier alpha value is -2.42. The summed E-state index contributed by atoms with van der Waals surface area (Å²) < 4.78 is 32.3. The molecule has 0 aliphatic heterocycles. The van der Waals surface area contributed by atoms with Crippen LogP contribution >= 0.6 is 11.6 Å². The lowest BCUT2D eigenvalue weighted by atomic mass is 10.2. The number of anilines is 1. The monoisotopic (exact) mass is 466 g/mol. The number of sulfonamides is 1. The van der Waals surface area contributed by atoms with Gasteiger partial charge in [0.2, 0.25) is 10.0 Å². The van der Waals surface area contributed by atoms with Crippen LogP contribution in [0.5, 0.6) is 0 Å². The van der Waals surface area contributed by atoms with Gasteiger partial charge < -0.3 is 9.64 Å². The summed E-state index contributed by atoms with van der Waals surface area (Å²) in [6.07, 6.45) is -1.06. The molecule has 0 heterocycles. The lowest BCUT2D eigenvalue weighted by Gasteiger charge is -2.24. The van der Waals surface area contributed by atoms with Gasteiger partial charge in [-0.2, -0.15) is 4.31 Å². The van der Waals surface area contributed by atoms with Crippen molar-refractivity contribution in [3.63, 3.8) is 0 Å². The normalized spacial score (nSPS) is 12.5. The van der Waals surface area contributed by atoms with Crippen molar-refractivity contribution < 1.29 is 22.7 Å².